The lowest BCUT2D eigenvalue weighted by atomic mass is 10.2. The molecule has 1 N–H and O–H groups in total. The van der Waals surface area contributed by atoms with Crippen LogP contribution in [0.5, 0.6) is 11.5 Å². The highest BCUT2D eigenvalue weighted by Crippen LogP contribution is 2.34. The van der Waals surface area contributed by atoms with Gasteiger partial charge in [-0.15, -0.1) is 0 Å². The molecule has 0 aromatic heterocycles. The molecule has 124 valence electrons. The van der Waals surface area contributed by atoms with Crippen LogP contribution in [-0.4, -0.2) is 13.7 Å². The van der Waals surface area contributed by atoms with Gasteiger partial charge in [-0.2, -0.15) is 0 Å². The van der Waals surface area contributed by atoms with Crippen LogP contribution in [0.3, 0.4) is 0 Å². The summed E-state index contributed by atoms with van der Waals surface area (Å²) in [6.07, 6.45) is 0. The summed E-state index contributed by atoms with van der Waals surface area (Å²) in [6, 6.07) is 8.96. The lowest BCUT2D eigenvalue weighted by Crippen LogP contribution is -2.07. The Bertz CT molecular complexity index is 677. The van der Waals surface area contributed by atoms with E-state index in [0.29, 0.717) is 46.3 Å². The Hall–Kier alpha value is -1.13. The maximum absolute atomic E-state index is 6.30. The van der Waals surface area contributed by atoms with Crippen LogP contribution in [0.2, 0.25) is 15.1 Å². The zero-order chi connectivity index (χ0) is 16.8. The number of ether oxygens (including phenoxy) is 2. The molecule has 0 aliphatic heterocycles. The minimum atomic E-state index is 0.303. The minimum absolute atomic E-state index is 0.303. The van der Waals surface area contributed by atoms with E-state index in [0.717, 1.165) is 11.1 Å². The number of hydrogen-bond donors (Lipinski definition) is 1. The Kier molecular flexibility index (Phi) is 6.85. The van der Waals surface area contributed by atoms with Crippen molar-refractivity contribution in [1.29, 1.82) is 0 Å². The number of halogens is 3. The fourth-order valence-corrected chi connectivity index (χ4v) is 2.76. The molecule has 2 rings (SSSR count). The van der Waals surface area contributed by atoms with Gasteiger partial charge in [-0.1, -0.05) is 40.9 Å². The molecule has 0 atom stereocenters. The maximum atomic E-state index is 6.30. The molecule has 0 aliphatic rings. The largest absolute Gasteiger partial charge is 0.490 e. The summed E-state index contributed by atoms with van der Waals surface area (Å²) in [5, 5.41) is 4.85. The summed E-state index contributed by atoms with van der Waals surface area (Å²) in [6.45, 7) is 3.42. The van der Waals surface area contributed by atoms with E-state index in [-0.39, 0.29) is 0 Å². The van der Waals surface area contributed by atoms with Crippen LogP contribution in [0.4, 0.5) is 0 Å². The van der Waals surface area contributed by atoms with Crippen molar-refractivity contribution in [2.24, 2.45) is 0 Å². The van der Waals surface area contributed by atoms with Crippen molar-refractivity contribution in [3.8, 4) is 11.5 Å². The summed E-state index contributed by atoms with van der Waals surface area (Å²) in [5.74, 6) is 1.25. The first kappa shape index (κ1) is 18.2. The topological polar surface area (TPSA) is 30.5 Å². The van der Waals surface area contributed by atoms with Gasteiger partial charge in [-0.3, -0.25) is 0 Å². The Morgan fingerprint density at radius 1 is 0.913 bits per heavy atom. The van der Waals surface area contributed by atoms with Crippen molar-refractivity contribution in [3.05, 3.63) is 56.5 Å². The molecule has 3 nitrogen and oxygen atoms in total. The van der Waals surface area contributed by atoms with E-state index < -0.39 is 0 Å². The predicted octanol–water partition coefficient (Wildman–Crippen LogP) is 5.34. The Morgan fingerprint density at radius 2 is 1.61 bits per heavy atom. The summed E-state index contributed by atoms with van der Waals surface area (Å²) in [5.41, 5.74) is 1.79. The molecule has 0 spiro atoms. The first-order chi connectivity index (χ1) is 11.0. The van der Waals surface area contributed by atoms with E-state index in [4.69, 9.17) is 44.3 Å². The summed E-state index contributed by atoms with van der Waals surface area (Å²) in [7, 11) is 1.86. The first-order valence-electron chi connectivity index (χ1n) is 7.21. The van der Waals surface area contributed by atoms with Crippen LogP contribution >= 0.6 is 34.8 Å². The summed E-state index contributed by atoms with van der Waals surface area (Å²) < 4.78 is 11.5. The van der Waals surface area contributed by atoms with Crippen molar-refractivity contribution in [1.82, 2.24) is 5.32 Å². The van der Waals surface area contributed by atoms with Crippen molar-refractivity contribution >= 4 is 34.8 Å². The Balaban J connectivity index is 2.22. The van der Waals surface area contributed by atoms with Gasteiger partial charge >= 0.3 is 0 Å². The quantitative estimate of drug-likeness (QED) is 0.709. The van der Waals surface area contributed by atoms with Gasteiger partial charge < -0.3 is 14.8 Å². The molecule has 0 saturated heterocycles. The fraction of sp³-hybridized carbons (Fsp3) is 0.294. The van der Waals surface area contributed by atoms with E-state index in [1.165, 1.54) is 0 Å². The first-order valence-corrected chi connectivity index (χ1v) is 8.35. The van der Waals surface area contributed by atoms with Crippen LogP contribution in [0.25, 0.3) is 0 Å². The van der Waals surface area contributed by atoms with E-state index in [1.54, 1.807) is 18.2 Å². The second kappa shape index (κ2) is 8.65. The standard InChI is InChI=1S/C17H18Cl3NO2/c1-3-22-16-6-12(9-21-2)15(20)8-17(16)23-10-11-4-5-13(18)7-14(11)19/h4-8,21H,3,9-10H2,1-2H3. The van der Waals surface area contributed by atoms with Crippen LogP contribution < -0.4 is 14.8 Å². The molecule has 2 aromatic rings. The lowest BCUT2D eigenvalue weighted by molar-refractivity contribution is 0.269. The number of benzene rings is 2. The lowest BCUT2D eigenvalue weighted by Gasteiger charge is -2.15. The van der Waals surface area contributed by atoms with Gasteiger partial charge in [0.1, 0.15) is 6.61 Å². The molecule has 0 bridgehead atoms. The predicted molar refractivity (Wildman–Crippen MR) is 96.2 cm³/mol. The highest BCUT2D eigenvalue weighted by Gasteiger charge is 2.12. The maximum Gasteiger partial charge on any atom is 0.163 e. The van der Waals surface area contributed by atoms with Crippen molar-refractivity contribution < 1.29 is 9.47 Å². The van der Waals surface area contributed by atoms with Crippen molar-refractivity contribution in [2.75, 3.05) is 13.7 Å². The van der Waals surface area contributed by atoms with E-state index in [2.05, 4.69) is 5.32 Å². The van der Waals surface area contributed by atoms with Crippen LogP contribution in [0.1, 0.15) is 18.1 Å². The van der Waals surface area contributed by atoms with Crippen molar-refractivity contribution in [2.45, 2.75) is 20.1 Å². The molecule has 0 aliphatic carbocycles. The molecule has 0 amide bonds. The van der Waals surface area contributed by atoms with Gasteiger partial charge in [0.25, 0.3) is 0 Å². The average molecular weight is 375 g/mol. The molecular formula is C17H18Cl3NO2. The van der Waals surface area contributed by atoms with Gasteiger partial charge in [-0.25, -0.2) is 0 Å². The molecule has 6 heteroatoms. The monoisotopic (exact) mass is 373 g/mol. The molecule has 0 saturated carbocycles. The third-order valence-corrected chi connectivity index (χ3v) is 4.12. The second-order valence-electron chi connectivity index (χ2n) is 4.88. The molecular weight excluding hydrogens is 357 g/mol. The molecule has 0 unspecified atom stereocenters. The Labute approximate surface area is 151 Å². The summed E-state index contributed by atoms with van der Waals surface area (Å²) >= 11 is 18.4. The second-order valence-corrected chi connectivity index (χ2v) is 6.13. The third-order valence-electron chi connectivity index (χ3n) is 3.18. The smallest absolute Gasteiger partial charge is 0.163 e. The van der Waals surface area contributed by atoms with Gasteiger partial charge in [0.15, 0.2) is 11.5 Å². The fourth-order valence-electron chi connectivity index (χ4n) is 2.08. The molecule has 0 radical (unpaired) electrons. The zero-order valence-electron chi connectivity index (χ0n) is 13.0. The van der Waals surface area contributed by atoms with Gasteiger partial charge in [-0.05, 0) is 37.7 Å². The number of nitrogens with one attached hydrogen (secondary N) is 1. The van der Waals surface area contributed by atoms with E-state index in [9.17, 15) is 0 Å². The number of hydrogen-bond acceptors (Lipinski definition) is 3. The third kappa shape index (κ3) is 4.92. The van der Waals surface area contributed by atoms with E-state index >= 15 is 0 Å². The van der Waals surface area contributed by atoms with Crippen LogP contribution in [0.15, 0.2) is 30.3 Å². The Morgan fingerprint density at radius 3 is 2.26 bits per heavy atom. The van der Waals surface area contributed by atoms with Crippen LogP contribution in [0, 0.1) is 0 Å². The highest BCUT2D eigenvalue weighted by molar-refractivity contribution is 6.35. The van der Waals surface area contributed by atoms with Gasteiger partial charge in [0.05, 0.1) is 6.61 Å². The van der Waals surface area contributed by atoms with E-state index in [1.807, 2.05) is 26.1 Å². The normalized spacial score (nSPS) is 10.7. The summed E-state index contributed by atoms with van der Waals surface area (Å²) in [4.78, 5) is 0. The molecule has 0 fully saturated rings. The van der Waals surface area contributed by atoms with Gasteiger partial charge in [0, 0.05) is 33.2 Å². The molecule has 0 heterocycles. The SMILES string of the molecule is CCOc1cc(CNC)c(Cl)cc1OCc1ccc(Cl)cc1Cl. The zero-order valence-corrected chi connectivity index (χ0v) is 15.2. The highest BCUT2D eigenvalue weighted by atomic mass is 35.5. The van der Waals surface area contributed by atoms with Crippen molar-refractivity contribution in [3.63, 3.8) is 0 Å². The minimum Gasteiger partial charge on any atom is -0.490 e. The molecule has 23 heavy (non-hydrogen) atoms. The van der Waals surface area contributed by atoms with Crippen LogP contribution in [-0.2, 0) is 13.2 Å². The van der Waals surface area contributed by atoms with Gasteiger partial charge in [0.2, 0.25) is 0 Å². The molecule has 2 aromatic carbocycles. The number of rotatable bonds is 7. The average Bonchev–Trinajstić information content (AvgIpc) is 2.50.